The van der Waals surface area contributed by atoms with Gasteiger partial charge in [0.25, 0.3) is 0 Å². The van der Waals surface area contributed by atoms with E-state index in [1.54, 1.807) is 0 Å². The number of cyclic esters (lactones) is 2. The lowest BCUT2D eigenvalue weighted by Gasteiger charge is -2.29. The molecule has 0 aromatic carbocycles. The van der Waals surface area contributed by atoms with E-state index in [2.05, 4.69) is 4.74 Å². The first-order valence-electron chi connectivity index (χ1n) is 9.19. The quantitative estimate of drug-likeness (QED) is 0.369. The molecule has 3 rings (SSSR count). The highest BCUT2D eigenvalue weighted by molar-refractivity contribution is 5.97. The molecule has 1 heterocycles. The largest absolute Gasteiger partial charge is 0.481 e. The van der Waals surface area contributed by atoms with Crippen LogP contribution in [-0.4, -0.2) is 56.2 Å². The number of esters is 2. The van der Waals surface area contributed by atoms with Crippen LogP contribution in [0, 0.1) is 35.5 Å². The van der Waals surface area contributed by atoms with Crippen molar-refractivity contribution >= 4 is 35.8 Å². The van der Waals surface area contributed by atoms with E-state index in [9.17, 15) is 28.8 Å². The number of carboxylic acids is 4. The lowest BCUT2D eigenvalue weighted by Crippen LogP contribution is -2.37. The predicted molar refractivity (Wildman–Crippen MR) is 90.3 cm³/mol. The molecule has 11 heteroatoms. The molecule has 1 saturated heterocycles. The summed E-state index contributed by atoms with van der Waals surface area (Å²) in [7, 11) is 0. The second kappa shape index (κ2) is 9.01. The highest BCUT2D eigenvalue weighted by Crippen LogP contribution is 2.39. The molecule has 1 aliphatic heterocycles. The Hall–Kier alpha value is -2.98. The minimum atomic E-state index is -1.23. The van der Waals surface area contributed by atoms with Crippen LogP contribution in [0.4, 0.5) is 0 Å². The summed E-state index contributed by atoms with van der Waals surface area (Å²) in [5.74, 6) is -9.56. The maximum Gasteiger partial charge on any atom is 0.317 e. The van der Waals surface area contributed by atoms with Crippen LogP contribution in [0.5, 0.6) is 0 Å². The smallest absolute Gasteiger partial charge is 0.317 e. The van der Waals surface area contributed by atoms with E-state index in [1.165, 1.54) is 0 Å². The molecule has 3 aliphatic rings. The SMILES string of the molecule is O=C(O)C1CCC(C(=O)O)C(C(=O)O)C1.O=C(O)C1CCC2C(=O)OC(=O)C2C1. The molecule has 0 bridgehead atoms. The van der Waals surface area contributed by atoms with Crippen molar-refractivity contribution in [1.82, 2.24) is 0 Å². The third-order valence-corrected chi connectivity index (χ3v) is 5.84. The van der Waals surface area contributed by atoms with E-state index in [4.69, 9.17) is 20.4 Å². The highest BCUT2D eigenvalue weighted by atomic mass is 16.6. The zero-order chi connectivity index (χ0) is 21.9. The lowest BCUT2D eigenvalue weighted by atomic mass is 9.74. The Balaban J connectivity index is 0.000000207. The van der Waals surface area contributed by atoms with E-state index in [0.29, 0.717) is 12.8 Å². The molecule has 29 heavy (non-hydrogen) atoms. The number of carboxylic acid groups (broad SMARTS) is 4. The van der Waals surface area contributed by atoms with Crippen LogP contribution in [-0.2, 0) is 33.5 Å². The molecule has 0 aromatic heterocycles. The number of ether oxygens (including phenoxy) is 1. The average molecular weight is 414 g/mol. The van der Waals surface area contributed by atoms with Gasteiger partial charge in [-0.15, -0.1) is 0 Å². The van der Waals surface area contributed by atoms with Crippen molar-refractivity contribution in [2.45, 2.75) is 38.5 Å². The summed E-state index contributed by atoms with van der Waals surface area (Å²) < 4.78 is 4.47. The summed E-state index contributed by atoms with van der Waals surface area (Å²) in [6, 6.07) is 0. The standard InChI is InChI=1S/C9H12O6.C9H10O5/c10-7(11)4-1-2-5(8(12)13)6(3-4)9(14)15;10-7(11)4-1-2-5-6(3-4)9(13)14-8(5)12/h4-6H,1-3H2,(H,10,11)(H,12,13)(H,14,15);4-6H,1-3H2,(H,10,11). The monoisotopic (exact) mass is 414 g/mol. The molecule has 0 radical (unpaired) electrons. The van der Waals surface area contributed by atoms with Crippen LogP contribution in [0.2, 0.25) is 0 Å². The Labute approximate surface area is 164 Å². The highest BCUT2D eigenvalue weighted by Gasteiger charge is 2.48. The second-order valence-electron chi connectivity index (χ2n) is 7.54. The van der Waals surface area contributed by atoms with Gasteiger partial charge in [-0.05, 0) is 38.5 Å². The molecule has 4 N–H and O–H groups in total. The first-order chi connectivity index (χ1) is 13.5. The van der Waals surface area contributed by atoms with Crippen molar-refractivity contribution < 1.29 is 53.9 Å². The summed E-state index contributed by atoms with van der Waals surface area (Å²) >= 11 is 0. The van der Waals surface area contributed by atoms with Gasteiger partial charge < -0.3 is 25.2 Å². The molecule has 0 amide bonds. The van der Waals surface area contributed by atoms with Crippen LogP contribution < -0.4 is 0 Å². The van der Waals surface area contributed by atoms with Gasteiger partial charge in [-0.25, -0.2) is 0 Å². The molecule has 6 atom stereocenters. The van der Waals surface area contributed by atoms with Crippen LogP contribution in [0.15, 0.2) is 0 Å². The van der Waals surface area contributed by atoms with Crippen molar-refractivity contribution in [3.63, 3.8) is 0 Å². The minimum Gasteiger partial charge on any atom is -0.481 e. The van der Waals surface area contributed by atoms with Crippen molar-refractivity contribution in [2.75, 3.05) is 0 Å². The van der Waals surface area contributed by atoms with Crippen molar-refractivity contribution in [1.29, 1.82) is 0 Å². The molecular weight excluding hydrogens is 392 g/mol. The Morgan fingerprint density at radius 1 is 0.621 bits per heavy atom. The molecule has 2 saturated carbocycles. The first-order valence-corrected chi connectivity index (χ1v) is 9.19. The zero-order valence-electron chi connectivity index (χ0n) is 15.4. The number of carbonyl (C=O) groups is 6. The van der Waals surface area contributed by atoms with Crippen molar-refractivity contribution in [3.05, 3.63) is 0 Å². The molecule has 3 fully saturated rings. The molecule has 11 nitrogen and oxygen atoms in total. The normalized spacial score (nSPS) is 33.5. The number of fused-ring (bicyclic) bond motifs is 1. The van der Waals surface area contributed by atoms with Gasteiger partial charge in [0.15, 0.2) is 0 Å². The fourth-order valence-electron chi connectivity index (χ4n) is 4.15. The van der Waals surface area contributed by atoms with Gasteiger partial charge >= 0.3 is 35.8 Å². The molecule has 6 unspecified atom stereocenters. The molecular formula is C18H22O11. The fourth-order valence-corrected chi connectivity index (χ4v) is 4.15. The Kier molecular flexibility index (Phi) is 6.93. The minimum absolute atomic E-state index is 0.0956. The van der Waals surface area contributed by atoms with Crippen LogP contribution >= 0.6 is 0 Å². The summed E-state index contributed by atoms with van der Waals surface area (Å²) in [5, 5.41) is 35.1. The summed E-state index contributed by atoms with van der Waals surface area (Å²) in [4.78, 5) is 65.1. The Morgan fingerprint density at radius 3 is 1.62 bits per heavy atom. The van der Waals surface area contributed by atoms with Crippen LogP contribution in [0.25, 0.3) is 0 Å². The van der Waals surface area contributed by atoms with Crippen LogP contribution in [0.1, 0.15) is 38.5 Å². The fraction of sp³-hybridized carbons (Fsp3) is 0.667. The lowest BCUT2D eigenvalue weighted by molar-refractivity contribution is -0.159. The third kappa shape index (κ3) is 5.09. The van der Waals surface area contributed by atoms with Gasteiger partial charge in [0, 0.05) is 0 Å². The number of aliphatic carboxylic acids is 4. The van der Waals surface area contributed by atoms with Gasteiger partial charge in [-0.3, -0.25) is 28.8 Å². The Morgan fingerprint density at radius 2 is 1.10 bits per heavy atom. The van der Waals surface area contributed by atoms with Gasteiger partial charge in [-0.1, -0.05) is 0 Å². The number of carbonyl (C=O) groups excluding carboxylic acids is 2. The second-order valence-corrected chi connectivity index (χ2v) is 7.54. The van der Waals surface area contributed by atoms with Crippen LogP contribution in [0.3, 0.4) is 0 Å². The van der Waals surface area contributed by atoms with E-state index in [1.807, 2.05) is 0 Å². The van der Waals surface area contributed by atoms with Gasteiger partial charge in [0.1, 0.15) is 0 Å². The maximum absolute atomic E-state index is 11.2. The van der Waals surface area contributed by atoms with Gasteiger partial charge in [0.2, 0.25) is 0 Å². The number of hydrogen-bond donors (Lipinski definition) is 4. The van der Waals surface area contributed by atoms with E-state index in [-0.39, 0.29) is 25.7 Å². The number of hydrogen-bond acceptors (Lipinski definition) is 7. The van der Waals surface area contributed by atoms with Gasteiger partial charge in [0.05, 0.1) is 35.5 Å². The number of rotatable bonds is 4. The van der Waals surface area contributed by atoms with Gasteiger partial charge in [-0.2, -0.15) is 0 Å². The molecule has 0 aromatic rings. The van der Waals surface area contributed by atoms with E-state index in [0.717, 1.165) is 0 Å². The molecule has 2 aliphatic carbocycles. The molecule has 160 valence electrons. The molecule has 0 spiro atoms. The predicted octanol–water partition coefficient (Wildman–Crippen LogP) is 0.460. The van der Waals surface area contributed by atoms with E-state index >= 15 is 0 Å². The topological polar surface area (TPSA) is 193 Å². The zero-order valence-corrected chi connectivity index (χ0v) is 15.4. The Bertz CT molecular complexity index is 727. The van der Waals surface area contributed by atoms with Crippen molar-refractivity contribution in [3.8, 4) is 0 Å². The average Bonchev–Trinajstić information content (AvgIpc) is 2.95. The summed E-state index contributed by atoms with van der Waals surface area (Å²) in [6.07, 6.45) is 1.40. The maximum atomic E-state index is 11.2. The summed E-state index contributed by atoms with van der Waals surface area (Å²) in [6.45, 7) is 0. The summed E-state index contributed by atoms with van der Waals surface area (Å²) in [5.41, 5.74) is 0. The van der Waals surface area contributed by atoms with E-state index < -0.39 is 71.3 Å². The first kappa shape index (κ1) is 22.3. The van der Waals surface area contributed by atoms with Crippen molar-refractivity contribution in [2.24, 2.45) is 35.5 Å². The third-order valence-electron chi connectivity index (χ3n) is 5.84.